The van der Waals surface area contributed by atoms with E-state index < -0.39 is 4.92 Å². The summed E-state index contributed by atoms with van der Waals surface area (Å²) < 4.78 is 0. The summed E-state index contributed by atoms with van der Waals surface area (Å²) in [5.74, 6) is 0. The first kappa shape index (κ1) is 10.8. The summed E-state index contributed by atoms with van der Waals surface area (Å²) in [5, 5.41) is 14.1. The Balaban J connectivity index is 2.73. The molecule has 0 spiro atoms. The van der Waals surface area contributed by atoms with Crippen molar-refractivity contribution in [3.63, 3.8) is 0 Å². The highest BCUT2D eigenvalue weighted by Gasteiger charge is 2.02. The van der Waals surface area contributed by atoms with Crippen LogP contribution in [0.25, 0.3) is 0 Å². The van der Waals surface area contributed by atoms with Gasteiger partial charge >= 0.3 is 0 Å². The van der Waals surface area contributed by atoms with Crippen molar-refractivity contribution in [1.29, 1.82) is 0 Å². The third-order valence-corrected chi connectivity index (χ3v) is 1.61. The van der Waals surface area contributed by atoms with Crippen LogP contribution in [0.15, 0.2) is 29.4 Å². The molecule has 1 rings (SSSR count). The lowest BCUT2D eigenvalue weighted by Crippen LogP contribution is -1.98. The van der Waals surface area contributed by atoms with Gasteiger partial charge < -0.3 is 0 Å². The number of carbonyl (C=O) groups is 1. The van der Waals surface area contributed by atoms with E-state index in [4.69, 9.17) is 0 Å². The molecule has 0 bridgehead atoms. The number of nitro benzene ring substituents is 1. The number of hydrogen-bond donors (Lipinski definition) is 1. The maximum absolute atomic E-state index is 10.3. The number of nitrogens with zero attached hydrogens (tertiary/aromatic N) is 2. The number of nitro groups is 1. The van der Waals surface area contributed by atoms with Crippen molar-refractivity contribution < 1.29 is 9.72 Å². The highest BCUT2D eigenvalue weighted by atomic mass is 16.6. The van der Waals surface area contributed by atoms with E-state index in [1.54, 1.807) is 6.92 Å². The highest BCUT2D eigenvalue weighted by Crippen LogP contribution is 2.15. The van der Waals surface area contributed by atoms with Gasteiger partial charge in [-0.15, -0.1) is 0 Å². The van der Waals surface area contributed by atoms with Crippen molar-refractivity contribution in [3.05, 3.63) is 34.4 Å². The number of nitrogens with one attached hydrogen (secondary N) is 1. The van der Waals surface area contributed by atoms with Gasteiger partial charge in [-0.1, -0.05) is 0 Å². The Hall–Kier alpha value is -2.24. The third kappa shape index (κ3) is 3.18. The van der Waals surface area contributed by atoms with Crippen LogP contribution < -0.4 is 5.43 Å². The molecular formula is C9H9N3O3. The minimum Gasteiger partial charge on any atom is -0.296 e. The number of carbonyl (C=O) groups excluding carboxylic acids is 1. The van der Waals surface area contributed by atoms with E-state index in [0.29, 0.717) is 17.7 Å². The van der Waals surface area contributed by atoms with Gasteiger partial charge in [-0.3, -0.25) is 20.3 Å². The van der Waals surface area contributed by atoms with Gasteiger partial charge in [0.2, 0.25) is 0 Å². The number of aldehydes is 1. The van der Waals surface area contributed by atoms with E-state index in [2.05, 4.69) is 10.5 Å². The molecule has 0 radical (unpaired) electrons. The highest BCUT2D eigenvalue weighted by molar-refractivity contribution is 6.27. The smallest absolute Gasteiger partial charge is 0.269 e. The van der Waals surface area contributed by atoms with Crippen LogP contribution in [0.3, 0.4) is 0 Å². The van der Waals surface area contributed by atoms with Crippen molar-refractivity contribution in [3.8, 4) is 0 Å². The Kier molecular flexibility index (Phi) is 3.50. The van der Waals surface area contributed by atoms with Crippen LogP contribution >= 0.6 is 0 Å². The fraction of sp³-hybridized carbons (Fsp3) is 0.111. The van der Waals surface area contributed by atoms with Crippen LogP contribution in [0.5, 0.6) is 0 Å². The van der Waals surface area contributed by atoms with Crippen molar-refractivity contribution in [2.75, 3.05) is 5.43 Å². The molecule has 6 nitrogen and oxygen atoms in total. The predicted molar refractivity (Wildman–Crippen MR) is 55.9 cm³/mol. The molecule has 0 aromatic heterocycles. The van der Waals surface area contributed by atoms with Gasteiger partial charge in [-0.2, -0.15) is 5.10 Å². The summed E-state index contributed by atoms with van der Waals surface area (Å²) in [4.78, 5) is 20.1. The molecule has 0 saturated carbocycles. The average molecular weight is 207 g/mol. The zero-order valence-electron chi connectivity index (χ0n) is 8.01. The Labute approximate surface area is 85.8 Å². The van der Waals surface area contributed by atoms with Crippen LogP contribution in [0.1, 0.15) is 6.92 Å². The first-order chi connectivity index (χ1) is 7.13. The molecule has 1 aromatic carbocycles. The molecule has 6 heteroatoms. The Morgan fingerprint density at radius 2 is 2.07 bits per heavy atom. The second-order valence-electron chi connectivity index (χ2n) is 2.79. The standard InChI is InChI=1S/C9H9N3O3/c1-7(6-13)10-11-8-2-4-9(5-3-8)12(14)15/h2-6,11H,1H3/b10-7-. The first-order valence-electron chi connectivity index (χ1n) is 4.13. The van der Waals surface area contributed by atoms with Gasteiger partial charge in [0, 0.05) is 12.1 Å². The SMILES string of the molecule is C/C(C=O)=N/Nc1ccc([N+](=O)[O-])cc1. The van der Waals surface area contributed by atoms with Gasteiger partial charge in [-0.05, 0) is 19.1 Å². The maximum atomic E-state index is 10.3. The molecule has 0 saturated heterocycles. The molecule has 0 aliphatic carbocycles. The Morgan fingerprint density at radius 3 is 2.53 bits per heavy atom. The predicted octanol–water partition coefficient (Wildman–Crippen LogP) is 1.58. The van der Waals surface area contributed by atoms with Gasteiger partial charge in [0.15, 0.2) is 6.29 Å². The zero-order valence-corrected chi connectivity index (χ0v) is 8.01. The van der Waals surface area contributed by atoms with Gasteiger partial charge in [0.1, 0.15) is 0 Å². The molecule has 0 unspecified atom stereocenters. The monoisotopic (exact) mass is 207 g/mol. The molecule has 0 fully saturated rings. The minimum absolute atomic E-state index is 0.0108. The third-order valence-electron chi connectivity index (χ3n) is 1.61. The van der Waals surface area contributed by atoms with Crippen LogP contribution in [0, 0.1) is 10.1 Å². The maximum Gasteiger partial charge on any atom is 0.269 e. The summed E-state index contributed by atoms with van der Waals surface area (Å²) in [7, 11) is 0. The second kappa shape index (κ2) is 4.85. The quantitative estimate of drug-likeness (QED) is 0.351. The van der Waals surface area contributed by atoms with Gasteiger partial charge in [0.05, 0.1) is 16.3 Å². The number of rotatable bonds is 4. The van der Waals surface area contributed by atoms with Crippen LogP contribution in [0.2, 0.25) is 0 Å². The van der Waals surface area contributed by atoms with Crippen LogP contribution in [-0.2, 0) is 4.79 Å². The summed E-state index contributed by atoms with van der Waals surface area (Å²) in [6.07, 6.45) is 0.610. The lowest BCUT2D eigenvalue weighted by atomic mass is 10.3. The van der Waals surface area contributed by atoms with Crippen LogP contribution in [-0.4, -0.2) is 16.9 Å². The van der Waals surface area contributed by atoms with E-state index >= 15 is 0 Å². The molecule has 0 amide bonds. The number of hydrazone groups is 1. The van der Waals surface area contributed by atoms with E-state index in [-0.39, 0.29) is 5.69 Å². The molecule has 1 aromatic rings. The number of benzene rings is 1. The molecule has 0 aliphatic heterocycles. The topological polar surface area (TPSA) is 84.6 Å². The summed E-state index contributed by atoms with van der Waals surface area (Å²) in [6.45, 7) is 1.55. The van der Waals surface area contributed by atoms with E-state index in [1.807, 2.05) is 0 Å². The zero-order chi connectivity index (χ0) is 11.3. The van der Waals surface area contributed by atoms with Gasteiger partial charge in [-0.25, -0.2) is 0 Å². The molecule has 0 aliphatic rings. The van der Waals surface area contributed by atoms with E-state index in [9.17, 15) is 14.9 Å². The summed E-state index contributed by atoms with van der Waals surface area (Å²) >= 11 is 0. The first-order valence-corrected chi connectivity index (χ1v) is 4.13. The molecule has 15 heavy (non-hydrogen) atoms. The molecule has 1 N–H and O–H groups in total. The summed E-state index contributed by atoms with van der Waals surface area (Å²) in [6, 6.07) is 5.74. The number of non-ortho nitro benzene ring substituents is 1. The average Bonchev–Trinajstić information content (AvgIpc) is 2.26. The molecular weight excluding hydrogens is 198 g/mol. The molecule has 0 atom stereocenters. The Bertz CT molecular complexity index is 398. The van der Waals surface area contributed by atoms with Crippen LogP contribution in [0.4, 0.5) is 11.4 Å². The number of anilines is 1. The Morgan fingerprint density at radius 1 is 1.47 bits per heavy atom. The fourth-order valence-corrected chi connectivity index (χ4v) is 0.837. The van der Waals surface area contributed by atoms with Crippen molar-refractivity contribution >= 4 is 23.4 Å². The van der Waals surface area contributed by atoms with E-state index in [0.717, 1.165) is 0 Å². The normalized spacial score (nSPS) is 10.9. The molecule has 0 heterocycles. The van der Waals surface area contributed by atoms with E-state index in [1.165, 1.54) is 24.3 Å². The largest absolute Gasteiger partial charge is 0.296 e. The van der Waals surface area contributed by atoms with Crippen molar-refractivity contribution in [2.24, 2.45) is 5.10 Å². The molecule has 78 valence electrons. The lowest BCUT2D eigenvalue weighted by molar-refractivity contribution is -0.384. The van der Waals surface area contributed by atoms with Gasteiger partial charge in [0.25, 0.3) is 5.69 Å². The minimum atomic E-state index is -0.482. The lowest BCUT2D eigenvalue weighted by Gasteiger charge is -1.99. The summed E-state index contributed by atoms with van der Waals surface area (Å²) in [5.41, 5.74) is 3.49. The second-order valence-corrected chi connectivity index (χ2v) is 2.79. The fourth-order valence-electron chi connectivity index (χ4n) is 0.837. The van der Waals surface area contributed by atoms with Crippen molar-refractivity contribution in [2.45, 2.75) is 6.92 Å². The van der Waals surface area contributed by atoms with Crippen molar-refractivity contribution in [1.82, 2.24) is 0 Å². The number of hydrogen-bond acceptors (Lipinski definition) is 5.